The third kappa shape index (κ3) is 6.97. The molecule has 0 amide bonds. The molecular weight excluding hydrogens is 504 g/mol. The number of methoxy groups -OCH3 is 3. The monoisotopic (exact) mass is 540 g/mol. The predicted molar refractivity (Wildman–Crippen MR) is 161 cm³/mol. The van der Waals surface area contributed by atoms with Crippen molar-refractivity contribution in [1.82, 2.24) is 9.97 Å². The molecule has 4 rings (SSSR count). The van der Waals surface area contributed by atoms with Gasteiger partial charge in [0.25, 0.3) is 0 Å². The maximum absolute atomic E-state index is 11.8. The number of imidazole rings is 1. The molecule has 8 heteroatoms. The lowest BCUT2D eigenvalue weighted by molar-refractivity contribution is -0.134. The Morgan fingerprint density at radius 2 is 1.55 bits per heavy atom. The van der Waals surface area contributed by atoms with Gasteiger partial charge in [0, 0.05) is 68.5 Å². The summed E-state index contributed by atoms with van der Waals surface area (Å²) >= 11 is 0. The number of ether oxygens (including phenoxy) is 3. The van der Waals surface area contributed by atoms with Gasteiger partial charge in [-0.3, -0.25) is 0 Å². The standard InChI is InChI=1S/C32H36N4O4/c1-33-26-14-9-24(10-15-26)30-31(25-11-16-27(17-12-25)36(19-21-38-2)20-22-39-3)35-32(34-30)28-8-6-5-7-23(28)13-18-29(37)40-4/h5-18,33H,19-22H2,1-4H3,(H,34,35)/b18-13+. The van der Waals surface area contributed by atoms with Gasteiger partial charge in [-0.1, -0.05) is 48.5 Å². The van der Waals surface area contributed by atoms with E-state index in [9.17, 15) is 4.79 Å². The lowest BCUT2D eigenvalue weighted by Gasteiger charge is -2.24. The van der Waals surface area contributed by atoms with E-state index in [1.165, 1.54) is 13.2 Å². The van der Waals surface area contributed by atoms with E-state index in [1.54, 1.807) is 20.3 Å². The van der Waals surface area contributed by atoms with Gasteiger partial charge in [0.15, 0.2) is 0 Å². The van der Waals surface area contributed by atoms with E-state index < -0.39 is 5.97 Å². The maximum Gasteiger partial charge on any atom is 0.330 e. The molecule has 0 radical (unpaired) electrons. The fraction of sp³-hybridized carbons (Fsp3) is 0.250. The molecule has 1 aromatic heterocycles. The molecule has 0 saturated carbocycles. The number of hydrogen-bond donors (Lipinski definition) is 2. The summed E-state index contributed by atoms with van der Waals surface area (Å²) in [5.74, 6) is 0.295. The van der Waals surface area contributed by atoms with Gasteiger partial charge in [-0.2, -0.15) is 0 Å². The van der Waals surface area contributed by atoms with Crippen LogP contribution in [0.4, 0.5) is 11.4 Å². The molecule has 8 nitrogen and oxygen atoms in total. The minimum atomic E-state index is -0.412. The Morgan fingerprint density at radius 3 is 2.17 bits per heavy atom. The smallest absolute Gasteiger partial charge is 0.330 e. The fourth-order valence-corrected chi connectivity index (χ4v) is 4.41. The van der Waals surface area contributed by atoms with Gasteiger partial charge >= 0.3 is 5.97 Å². The summed E-state index contributed by atoms with van der Waals surface area (Å²) in [4.78, 5) is 22.6. The number of nitrogens with one attached hydrogen (secondary N) is 2. The minimum absolute atomic E-state index is 0.412. The molecule has 0 unspecified atom stereocenters. The molecule has 40 heavy (non-hydrogen) atoms. The quantitative estimate of drug-likeness (QED) is 0.165. The van der Waals surface area contributed by atoms with Crippen LogP contribution in [-0.4, -0.2) is 70.6 Å². The number of esters is 1. The summed E-state index contributed by atoms with van der Waals surface area (Å²) < 4.78 is 15.4. The van der Waals surface area contributed by atoms with Crippen LogP contribution in [0.25, 0.3) is 40.0 Å². The van der Waals surface area contributed by atoms with E-state index in [2.05, 4.69) is 51.6 Å². The number of carbonyl (C=O) groups is 1. The zero-order chi connectivity index (χ0) is 28.3. The van der Waals surface area contributed by atoms with Crippen molar-refractivity contribution >= 4 is 23.4 Å². The normalized spacial score (nSPS) is 11.1. The molecule has 0 atom stereocenters. The molecule has 1 heterocycles. The molecule has 0 saturated heterocycles. The van der Waals surface area contributed by atoms with Crippen molar-refractivity contribution in [2.45, 2.75) is 0 Å². The largest absolute Gasteiger partial charge is 0.466 e. The number of nitrogens with zero attached hydrogens (tertiary/aromatic N) is 2. The summed E-state index contributed by atoms with van der Waals surface area (Å²) in [5, 5.41) is 3.17. The Bertz CT molecular complexity index is 1400. The third-order valence-electron chi connectivity index (χ3n) is 6.62. The number of aromatic amines is 1. The summed E-state index contributed by atoms with van der Waals surface area (Å²) in [5.41, 5.74) is 7.60. The van der Waals surface area contributed by atoms with Gasteiger partial charge in [-0.15, -0.1) is 0 Å². The third-order valence-corrected chi connectivity index (χ3v) is 6.62. The molecule has 0 aliphatic rings. The number of hydrogen-bond acceptors (Lipinski definition) is 7. The fourth-order valence-electron chi connectivity index (χ4n) is 4.41. The molecule has 4 aromatic rings. The lowest BCUT2D eigenvalue weighted by atomic mass is 10.0. The zero-order valence-electron chi connectivity index (χ0n) is 23.4. The average Bonchev–Trinajstić information content (AvgIpc) is 3.45. The van der Waals surface area contributed by atoms with Gasteiger partial charge in [0.05, 0.1) is 31.7 Å². The highest BCUT2D eigenvalue weighted by Gasteiger charge is 2.17. The van der Waals surface area contributed by atoms with Crippen molar-refractivity contribution in [3.63, 3.8) is 0 Å². The molecular formula is C32H36N4O4. The first-order chi connectivity index (χ1) is 19.6. The van der Waals surface area contributed by atoms with Crippen LogP contribution in [0, 0.1) is 0 Å². The molecule has 0 fully saturated rings. The van der Waals surface area contributed by atoms with E-state index in [1.807, 2.05) is 43.4 Å². The minimum Gasteiger partial charge on any atom is -0.466 e. The lowest BCUT2D eigenvalue weighted by Crippen LogP contribution is -2.30. The maximum atomic E-state index is 11.8. The van der Waals surface area contributed by atoms with Gasteiger partial charge in [0.1, 0.15) is 5.82 Å². The topological polar surface area (TPSA) is 88.7 Å². The second-order valence-electron chi connectivity index (χ2n) is 9.10. The van der Waals surface area contributed by atoms with E-state index in [0.29, 0.717) is 19.0 Å². The van der Waals surface area contributed by atoms with Gasteiger partial charge < -0.3 is 29.4 Å². The first-order valence-electron chi connectivity index (χ1n) is 13.1. The van der Waals surface area contributed by atoms with Crippen LogP contribution < -0.4 is 10.2 Å². The summed E-state index contributed by atoms with van der Waals surface area (Å²) in [6, 6.07) is 24.4. The average molecular weight is 541 g/mol. The van der Waals surface area contributed by atoms with Crippen LogP contribution in [0.2, 0.25) is 0 Å². The molecule has 3 aromatic carbocycles. The van der Waals surface area contributed by atoms with Crippen molar-refractivity contribution in [3.8, 4) is 33.9 Å². The zero-order valence-corrected chi connectivity index (χ0v) is 23.4. The van der Waals surface area contributed by atoms with Crippen molar-refractivity contribution in [3.05, 3.63) is 84.4 Å². The Labute approximate surface area is 235 Å². The first-order valence-corrected chi connectivity index (χ1v) is 13.1. The number of anilines is 2. The number of rotatable bonds is 13. The van der Waals surface area contributed by atoms with Crippen molar-refractivity contribution in [2.24, 2.45) is 0 Å². The van der Waals surface area contributed by atoms with Crippen molar-refractivity contribution < 1.29 is 19.0 Å². The highest BCUT2D eigenvalue weighted by molar-refractivity contribution is 5.89. The van der Waals surface area contributed by atoms with Crippen molar-refractivity contribution in [1.29, 1.82) is 0 Å². The molecule has 0 aliphatic heterocycles. The van der Waals surface area contributed by atoms with Crippen LogP contribution in [0.5, 0.6) is 0 Å². The van der Waals surface area contributed by atoms with Gasteiger partial charge in [0.2, 0.25) is 0 Å². The van der Waals surface area contributed by atoms with Crippen LogP contribution in [-0.2, 0) is 19.0 Å². The van der Waals surface area contributed by atoms with Crippen LogP contribution >= 0.6 is 0 Å². The SMILES string of the molecule is CNc1ccc(-c2[nH]c(-c3ccccc3/C=C/C(=O)OC)nc2-c2ccc(N(CCOC)CCOC)cc2)cc1. The Balaban J connectivity index is 1.77. The number of carbonyl (C=O) groups excluding carboxylic acids is 1. The number of H-pyrrole nitrogens is 1. The molecule has 208 valence electrons. The van der Waals surface area contributed by atoms with Crippen LogP contribution in [0.1, 0.15) is 5.56 Å². The second kappa shape index (κ2) is 14.1. The second-order valence-corrected chi connectivity index (χ2v) is 9.10. The first kappa shape index (κ1) is 28.6. The van der Waals surface area contributed by atoms with Crippen LogP contribution in [0.15, 0.2) is 78.9 Å². The summed E-state index contributed by atoms with van der Waals surface area (Å²) in [6.07, 6.45) is 3.16. The van der Waals surface area contributed by atoms with E-state index in [-0.39, 0.29) is 0 Å². The Kier molecular flexibility index (Phi) is 10.1. The number of benzene rings is 3. The molecule has 2 N–H and O–H groups in total. The van der Waals surface area contributed by atoms with E-state index in [0.717, 1.165) is 58.1 Å². The van der Waals surface area contributed by atoms with Gasteiger partial charge in [-0.25, -0.2) is 9.78 Å². The van der Waals surface area contributed by atoms with Crippen LogP contribution in [0.3, 0.4) is 0 Å². The molecule has 0 spiro atoms. The van der Waals surface area contributed by atoms with E-state index in [4.69, 9.17) is 19.2 Å². The van der Waals surface area contributed by atoms with E-state index >= 15 is 0 Å². The van der Waals surface area contributed by atoms with Crippen molar-refractivity contribution in [2.75, 3.05) is 64.9 Å². The highest BCUT2D eigenvalue weighted by atomic mass is 16.5. The van der Waals surface area contributed by atoms with Gasteiger partial charge in [-0.05, 0) is 35.9 Å². The Hall–Kier alpha value is -4.40. The highest BCUT2D eigenvalue weighted by Crippen LogP contribution is 2.35. The summed E-state index contributed by atoms with van der Waals surface area (Å²) in [7, 11) is 6.68. The molecule has 0 aliphatic carbocycles. The summed E-state index contributed by atoms with van der Waals surface area (Å²) in [6.45, 7) is 2.80. The Morgan fingerprint density at radius 1 is 0.900 bits per heavy atom. The predicted octanol–water partition coefficient (Wildman–Crippen LogP) is 5.74. The molecule has 0 bridgehead atoms. The number of aromatic nitrogens is 2.